The third-order valence-electron chi connectivity index (χ3n) is 1.19. The number of aryl methyl sites for hydroxylation is 1. The number of rotatable bonds is 0. The summed E-state index contributed by atoms with van der Waals surface area (Å²) in [5.41, 5.74) is 0.808. The molecule has 0 amide bonds. The van der Waals surface area contributed by atoms with E-state index in [9.17, 15) is 0 Å². The van der Waals surface area contributed by atoms with Gasteiger partial charge in [-0.05, 0) is 18.6 Å². The van der Waals surface area contributed by atoms with Gasteiger partial charge in [0.15, 0.2) is 0 Å². The van der Waals surface area contributed by atoms with E-state index in [0.29, 0.717) is 5.02 Å². The van der Waals surface area contributed by atoms with Crippen LogP contribution < -0.4 is 0 Å². The van der Waals surface area contributed by atoms with Gasteiger partial charge in [-0.2, -0.15) is 0 Å². The van der Waals surface area contributed by atoms with E-state index in [4.69, 9.17) is 16.7 Å². The van der Waals surface area contributed by atoms with Gasteiger partial charge in [-0.25, -0.2) is 0 Å². The molecule has 1 rings (SSSR count). The maximum atomic E-state index is 9.07. The van der Waals surface area contributed by atoms with Gasteiger partial charge in [0, 0.05) is 0 Å². The zero-order chi connectivity index (χ0) is 6.85. The molecule has 0 heterocycles. The molecule has 0 aromatic heterocycles. The first-order chi connectivity index (χ1) is 4.22. The van der Waals surface area contributed by atoms with E-state index in [1.807, 2.05) is 0 Å². The summed E-state index contributed by atoms with van der Waals surface area (Å²) in [5, 5.41) is 9.49. The molecule has 0 radical (unpaired) electrons. The maximum absolute atomic E-state index is 9.07. The fourth-order valence-corrected chi connectivity index (χ4v) is 0.845. The summed E-state index contributed by atoms with van der Waals surface area (Å²) in [5.74, 6) is 0.180. The Hall–Kier alpha value is -0.400. The molecule has 1 aromatic rings. The van der Waals surface area contributed by atoms with Crippen LogP contribution in [0.15, 0.2) is 18.2 Å². The van der Waals surface area contributed by atoms with Crippen LogP contribution in [0, 0.1) is 6.92 Å². The molecule has 1 aromatic carbocycles. The van der Waals surface area contributed by atoms with E-state index in [2.05, 4.69) is 0 Å². The van der Waals surface area contributed by atoms with Crippen LogP contribution in [0.5, 0.6) is 5.75 Å². The molecule has 0 saturated carbocycles. The molecule has 3 heteroatoms. The maximum Gasteiger partial charge on any atom is 0.137 e. The number of hydrogen-bond acceptors (Lipinski definition) is 1. The largest absolute Gasteiger partial charge is 0.506 e. The lowest BCUT2D eigenvalue weighted by Crippen LogP contribution is -1.72. The summed E-state index contributed by atoms with van der Waals surface area (Å²) < 4.78 is 0. The second-order valence-electron chi connectivity index (χ2n) is 1.91. The summed E-state index contributed by atoms with van der Waals surface area (Å²) in [6.07, 6.45) is 0. The van der Waals surface area contributed by atoms with Crippen molar-refractivity contribution in [3.05, 3.63) is 28.8 Å². The number of phenolic OH excluding ortho intramolecular Hbond substituents is 1. The molecule has 0 aliphatic rings. The highest BCUT2D eigenvalue weighted by molar-refractivity contribution is 6.32. The lowest BCUT2D eigenvalue weighted by atomic mass is 10.2. The van der Waals surface area contributed by atoms with Crippen molar-refractivity contribution in [1.29, 1.82) is 0 Å². The zero-order valence-corrected chi connectivity index (χ0v) is 7.04. The standard InChI is InChI=1S/C7H7ClO.ClH/c1-5-3-2-4-6(8)7(5)9;/h2-4,9H,1H3;1H. The topological polar surface area (TPSA) is 20.2 Å². The van der Waals surface area contributed by atoms with Crippen LogP contribution >= 0.6 is 24.0 Å². The van der Waals surface area contributed by atoms with Crippen molar-refractivity contribution in [2.24, 2.45) is 0 Å². The first-order valence-electron chi connectivity index (χ1n) is 2.66. The van der Waals surface area contributed by atoms with Crippen molar-refractivity contribution in [3.8, 4) is 5.75 Å². The van der Waals surface area contributed by atoms with Crippen molar-refractivity contribution < 1.29 is 5.11 Å². The van der Waals surface area contributed by atoms with Crippen LogP contribution in [-0.2, 0) is 0 Å². The monoisotopic (exact) mass is 178 g/mol. The van der Waals surface area contributed by atoms with Crippen LogP contribution in [0.3, 0.4) is 0 Å². The van der Waals surface area contributed by atoms with E-state index in [0.717, 1.165) is 5.56 Å². The summed E-state index contributed by atoms with van der Waals surface area (Å²) in [7, 11) is 0. The minimum atomic E-state index is 0. The molecule has 1 nitrogen and oxygen atoms in total. The Morgan fingerprint density at radius 2 is 2.00 bits per heavy atom. The quantitative estimate of drug-likeness (QED) is 0.649. The third-order valence-corrected chi connectivity index (χ3v) is 1.49. The molecule has 56 valence electrons. The fraction of sp³-hybridized carbons (Fsp3) is 0.143. The molecule has 0 atom stereocenters. The van der Waals surface area contributed by atoms with Gasteiger partial charge < -0.3 is 5.11 Å². The zero-order valence-electron chi connectivity index (χ0n) is 5.47. The highest BCUT2D eigenvalue weighted by Crippen LogP contribution is 2.25. The van der Waals surface area contributed by atoms with Gasteiger partial charge in [-0.3, -0.25) is 0 Å². The van der Waals surface area contributed by atoms with Crippen molar-refractivity contribution >= 4 is 24.0 Å². The summed E-state index contributed by atoms with van der Waals surface area (Å²) in [6, 6.07) is 5.27. The van der Waals surface area contributed by atoms with Crippen LogP contribution in [0.1, 0.15) is 5.56 Å². The van der Waals surface area contributed by atoms with Crippen LogP contribution in [0.2, 0.25) is 5.02 Å². The van der Waals surface area contributed by atoms with Gasteiger partial charge in [0.1, 0.15) is 5.75 Å². The molecule has 0 aliphatic heterocycles. The second-order valence-corrected chi connectivity index (χ2v) is 2.31. The van der Waals surface area contributed by atoms with Crippen LogP contribution in [0.4, 0.5) is 0 Å². The minimum Gasteiger partial charge on any atom is -0.506 e. The SMILES string of the molecule is Cc1cccc(Cl)c1O.Cl. The molecule has 1 N–H and O–H groups in total. The van der Waals surface area contributed by atoms with Gasteiger partial charge >= 0.3 is 0 Å². The van der Waals surface area contributed by atoms with E-state index in [1.165, 1.54) is 0 Å². The molecular formula is C7H8Cl2O. The first kappa shape index (κ1) is 9.60. The van der Waals surface area contributed by atoms with Crippen LogP contribution in [0.25, 0.3) is 0 Å². The molecule has 0 fully saturated rings. The Balaban J connectivity index is 0.000000810. The van der Waals surface area contributed by atoms with Gasteiger partial charge in [0.25, 0.3) is 0 Å². The first-order valence-corrected chi connectivity index (χ1v) is 3.03. The Morgan fingerprint density at radius 1 is 1.40 bits per heavy atom. The molecular weight excluding hydrogens is 171 g/mol. The Kier molecular flexibility index (Phi) is 3.54. The minimum absolute atomic E-state index is 0. The Bertz CT molecular complexity index is 203. The normalized spacial score (nSPS) is 8.60. The summed E-state index contributed by atoms with van der Waals surface area (Å²) in [4.78, 5) is 0. The number of hydrogen-bond donors (Lipinski definition) is 1. The van der Waals surface area contributed by atoms with Gasteiger partial charge in [0.2, 0.25) is 0 Å². The molecule has 0 saturated heterocycles. The van der Waals surface area contributed by atoms with Crippen molar-refractivity contribution in [3.63, 3.8) is 0 Å². The van der Waals surface area contributed by atoms with E-state index >= 15 is 0 Å². The molecule has 0 spiro atoms. The van der Waals surface area contributed by atoms with Gasteiger partial charge in [-0.15, -0.1) is 12.4 Å². The van der Waals surface area contributed by atoms with Gasteiger partial charge in [0.05, 0.1) is 5.02 Å². The number of halogens is 2. The number of benzene rings is 1. The number of phenols is 1. The molecule has 0 aliphatic carbocycles. The van der Waals surface area contributed by atoms with E-state index < -0.39 is 0 Å². The van der Waals surface area contributed by atoms with Crippen molar-refractivity contribution in [2.45, 2.75) is 6.92 Å². The average Bonchev–Trinajstić information content (AvgIpc) is 1.83. The predicted octanol–water partition coefficient (Wildman–Crippen LogP) is 2.78. The van der Waals surface area contributed by atoms with Crippen molar-refractivity contribution in [1.82, 2.24) is 0 Å². The highest BCUT2D eigenvalue weighted by Gasteiger charge is 1.97. The molecule has 10 heavy (non-hydrogen) atoms. The smallest absolute Gasteiger partial charge is 0.137 e. The van der Waals surface area contributed by atoms with Crippen molar-refractivity contribution in [2.75, 3.05) is 0 Å². The van der Waals surface area contributed by atoms with Gasteiger partial charge in [-0.1, -0.05) is 23.7 Å². The Morgan fingerprint density at radius 3 is 2.40 bits per heavy atom. The predicted molar refractivity (Wildman–Crippen MR) is 45.1 cm³/mol. The summed E-state index contributed by atoms with van der Waals surface area (Å²) in [6.45, 7) is 1.81. The lowest BCUT2D eigenvalue weighted by molar-refractivity contribution is 0.471. The lowest BCUT2D eigenvalue weighted by Gasteiger charge is -1.97. The summed E-state index contributed by atoms with van der Waals surface area (Å²) >= 11 is 5.56. The fourth-order valence-electron chi connectivity index (χ4n) is 0.623. The van der Waals surface area contributed by atoms with Crippen LogP contribution in [-0.4, -0.2) is 5.11 Å². The van der Waals surface area contributed by atoms with E-state index in [1.54, 1.807) is 25.1 Å². The molecule has 0 unspecified atom stereocenters. The number of para-hydroxylation sites is 1. The molecule has 0 bridgehead atoms. The highest BCUT2D eigenvalue weighted by atomic mass is 35.5. The second kappa shape index (κ2) is 3.69. The average molecular weight is 179 g/mol. The third kappa shape index (κ3) is 1.79. The number of aromatic hydroxyl groups is 1. The van der Waals surface area contributed by atoms with E-state index in [-0.39, 0.29) is 18.2 Å². The Labute approximate surface area is 71.0 Å².